The predicted molar refractivity (Wildman–Crippen MR) is 193 cm³/mol. The molecule has 2 amide bonds. The summed E-state index contributed by atoms with van der Waals surface area (Å²) in [6, 6.07) is 10.9. The van der Waals surface area contributed by atoms with Crippen molar-refractivity contribution >= 4 is 41.2 Å². The van der Waals surface area contributed by atoms with Crippen LogP contribution in [0.25, 0.3) is 0 Å². The second-order valence-electron chi connectivity index (χ2n) is 13.0. The molecule has 0 bridgehead atoms. The van der Waals surface area contributed by atoms with Crippen molar-refractivity contribution in [2.45, 2.75) is 70.6 Å². The fourth-order valence-corrected chi connectivity index (χ4v) is 5.59. The molecule has 53 heavy (non-hydrogen) atoms. The minimum atomic E-state index is -1.69. The van der Waals surface area contributed by atoms with Crippen LogP contribution in [-0.4, -0.2) is 91.6 Å². The number of benzene rings is 2. The van der Waals surface area contributed by atoms with Crippen molar-refractivity contribution < 1.29 is 57.6 Å². The van der Waals surface area contributed by atoms with Gasteiger partial charge >= 0.3 is 17.9 Å². The van der Waals surface area contributed by atoms with E-state index in [0.717, 1.165) is 11.6 Å². The molecule has 2 aromatic carbocycles. The molecule has 3 atom stereocenters. The lowest BCUT2D eigenvalue weighted by molar-refractivity contribution is -0.165. The number of hydrogen-bond acceptors (Lipinski definition) is 12. The van der Waals surface area contributed by atoms with Gasteiger partial charge in [0.2, 0.25) is 11.7 Å². The molecule has 1 heterocycles. The number of Topliss-reactive ketones (excluding diaryl/α,β-unsaturated/α-hetero) is 1. The van der Waals surface area contributed by atoms with Gasteiger partial charge in [0.05, 0.1) is 26.1 Å². The van der Waals surface area contributed by atoms with Crippen LogP contribution in [-0.2, 0) is 49.4 Å². The zero-order valence-electron chi connectivity index (χ0n) is 30.6. The predicted octanol–water partition coefficient (Wildman–Crippen LogP) is 4.05. The summed E-state index contributed by atoms with van der Waals surface area (Å²) in [4.78, 5) is 78.3. The van der Waals surface area contributed by atoms with E-state index in [2.05, 4.69) is 18.5 Å². The highest BCUT2D eigenvalue weighted by Crippen LogP contribution is 2.32. The summed E-state index contributed by atoms with van der Waals surface area (Å²) in [6.45, 7) is 9.41. The van der Waals surface area contributed by atoms with Crippen molar-refractivity contribution in [2.75, 3.05) is 39.3 Å². The normalized spacial score (nSPS) is 15.2. The number of ketones is 1. The number of aryl methyl sites for hydroxylation is 1. The van der Waals surface area contributed by atoms with E-state index in [-0.39, 0.29) is 32.6 Å². The Morgan fingerprint density at radius 1 is 1.00 bits per heavy atom. The van der Waals surface area contributed by atoms with Crippen molar-refractivity contribution in [1.29, 1.82) is 0 Å². The van der Waals surface area contributed by atoms with Crippen molar-refractivity contribution in [3.63, 3.8) is 0 Å². The SMILES string of the molecule is C=CCOC(=O)C(O)CC(=O)Nc1cccc([C@@H](CCc2ccc(OC)c(OC)c2)OC(=O)C2CCCCN2C(=O)C(=O)C(C)(C)COC(=O)C=C)c1. The first-order chi connectivity index (χ1) is 25.2. The highest BCUT2D eigenvalue weighted by atomic mass is 16.6. The number of amides is 2. The summed E-state index contributed by atoms with van der Waals surface area (Å²) in [6.07, 6.45) is 1.30. The van der Waals surface area contributed by atoms with Crippen LogP contribution in [0, 0.1) is 5.41 Å². The maximum atomic E-state index is 13.9. The van der Waals surface area contributed by atoms with E-state index in [1.807, 2.05) is 6.07 Å². The lowest BCUT2D eigenvalue weighted by Gasteiger charge is -2.36. The number of nitrogens with zero attached hydrogens (tertiary/aromatic N) is 1. The third-order valence-corrected chi connectivity index (χ3v) is 8.52. The van der Waals surface area contributed by atoms with Crippen LogP contribution >= 0.6 is 0 Å². The van der Waals surface area contributed by atoms with Gasteiger partial charge in [0, 0.05) is 18.3 Å². The smallest absolute Gasteiger partial charge is 0.335 e. The minimum absolute atomic E-state index is 0.114. The van der Waals surface area contributed by atoms with Crippen LogP contribution in [0.15, 0.2) is 67.8 Å². The second-order valence-corrected chi connectivity index (χ2v) is 13.0. The topological polar surface area (TPSA) is 184 Å². The molecular weight excluding hydrogens is 688 g/mol. The molecule has 286 valence electrons. The summed E-state index contributed by atoms with van der Waals surface area (Å²) in [5.41, 5.74) is 0.310. The van der Waals surface area contributed by atoms with Gasteiger partial charge in [-0.25, -0.2) is 14.4 Å². The van der Waals surface area contributed by atoms with Gasteiger partial charge in [-0.1, -0.05) is 37.4 Å². The Hall–Kier alpha value is -5.50. The summed E-state index contributed by atoms with van der Waals surface area (Å²) in [7, 11) is 3.05. The van der Waals surface area contributed by atoms with Gasteiger partial charge in [0.15, 0.2) is 17.6 Å². The molecule has 0 saturated carbocycles. The van der Waals surface area contributed by atoms with Crippen molar-refractivity contribution in [1.82, 2.24) is 4.90 Å². The van der Waals surface area contributed by atoms with Gasteiger partial charge in [0.1, 0.15) is 25.4 Å². The van der Waals surface area contributed by atoms with Crippen LogP contribution in [0.2, 0.25) is 0 Å². The Labute approximate surface area is 309 Å². The number of nitrogens with one attached hydrogen (secondary N) is 1. The van der Waals surface area contributed by atoms with Crippen LogP contribution in [0.1, 0.15) is 63.2 Å². The summed E-state index contributed by atoms with van der Waals surface area (Å²) < 4.78 is 26.7. The Morgan fingerprint density at radius 2 is 1.74 bits per heavy atom. The van der Waals surface area contributed by atoms with Gasteiger partial charge in [-0.15, -0.1) is 0 Å². The van der Waals surface area contributed by atoms with Gasteiger partial charge in [-0.2, -0.15) is 0 Å². The number of methoxy groups -OCH3 is 2. The van der Waals surface area contributed by atoms with E-state index in [1.54, 1.807) is 36.4 Å². The molecule has 2 N–H and O–H groups in total. The largest absolute Gasteiger partial charge is 0.493 e. The third kappa shape index (κ3) is 12.0. The fourth-order valence-electron chi connectivity index (χ4n) is 5.59. The maximum Gasteiger partial charge on any atom is 0.335 e. The molecule has 2 aromatic rings. The molecule has 0 aromatic heterocycles. The van der Waals surface area contributed by atoms with Crippen LogP contribution in [0.5, 0.6) is 11.5 Å². The first kappa shape index (κ1) is 41.9. The molecule has 14 heteroatoms. The number of rotatable bonds is 19. The Bertz CT molecular complexity index is 1670. The summed E-state index contributed by atoms with van der Waals surface area (Å²) in [5.74, 6) is -3.71. The number of anilines is 1. The van der Waals surface area contributed by atoms with Crippen molar-refractivity contribution in [2.24, 2.45) is 5.41 Å². The number of piperidine rings is 1. The number of aliphatic hydroxyl groups is 1. The van der Waals surface area contributed by atoms with Gasteiger partial charge in [0.25, 0.3) is 5.91 Å². The molecule has 0 spiro atoms. The first-order valence-corrected chi connectivity index (χ1v) is 17.2. The average Bonchev–Trinajstić information content (AvgIpc) is 3.16. The molecular formula is C39H48N2O12. The minimum Gasteiger partial charge on any atom is -0.493 e. The lowest BCUT2D eigenvalue weighted by Crippen LogP contribution is -2.53. The number of ether oxygens (including phenoxy) is 5. The molecule has 1 fully saturated rings. The Balaban J connectivity index is 1.86. The number of carbonyl (C=O) groups is 6. The monoisotopic (exact) mass is 736 g/mol. The van der Waals surface area contributed by atoms with Crippen LogP contribution in [0.4, 0.5) is 5.69 Å². The fraction of sp³-hybridized carbons (Fsp3) is 0.436. The Morgan fingerprint density at radius 3 is 2.42 bits per heavy atom. The standard InChI is InChI=1S/C39H48N2O12/c1-7-20-51-38(48)29(42)23-33(43)40-27-13-11-12-26(22-27)30(17-15-25-16-18-31(49-5)32(21-25)50-6)53-37(47)28-14-9-10-19-41(28)36(46)35(45)39(3,4)24-52-34(44)8-2/h7-8,11-13,16,18,21-22,28-30,42H,1-2,9-10,14-15,17,19-20,23-24H2,3-6H3,(H,40,43)/t28?,29?,30-/m1/s1. The number of aliphatic hydroxyl groups excluding tert-OH is 1. The highest BCUT2D eigenvalue weighted by molar-refractivity contribution is 6.38. The molecule has 1 aliphatic rings. The van der Waals surface area contributed by atoms with E-state index in [4.69, 9.17) is 23.7 Å². The molecule has 0 radical (unpaired) electrons. The van der Waals surface area contributed by atoms with Gasteiger partial charge < -0.3 is 39.0 Å². The van der Waals surface area contributed by atoms with E-state index < -0.39 is 65.6 Å². The van der Waals surface area contributed by atoms with E-state index >= 15 is 0 Å². The van der Waals surface area contributed by atoms with Gasteiger partial charge in [-0.05, 0) is 81.3 Å². The van der Waals surface area contributed by atoms with Crippen LogP contribution < -0.4 is 14.8 Å². The number of likely N-dealkylation sites (tertiary alicyclic amines) is 1. The molecule has 1 saturated heterocycles. The third-order valence-electron chi connectivity index (χ3n) is 8.52. The molecule has 0 aliphatic carbocycles. The number of esters is 3. The maximum absolute atomic E-state index is 13.9. The van der Waals surface area contributed by atoms with Crippen molar-refractivity contribution in [3.05, 3.63) is 78.9 Å². The highest BCUT2D eigenvalue weighted by Gasteiger charge is 2.42. The van der Waals surface area contributed by atoms with E-state index in [9.17, 15) is 33.9 Å². The van der Waals surface area contributed by atoms with Crippen molar-refractivity contribution in [3.8, 4) is 11.5 Å². The first-order valence-electron chi connectivity index (χ1n) is 17.2. The quantitative estimate of drug-likeness (QED) is 0.0695. The summed E-state index contributed by atoms with van der Waals surface area (Å²) >= 11 is 0. The zero-order valence-corrected chi connectivity index (χ0v) is 30.6. The molecule has 3 rings (SSSR count). The van der Waals surface area contributed by atoms with E-state index in [1.165, 1.54) is 39.0 Å². The molecule has 2 unspecified atom stereocenters. The summed E-state index contributed by atoms with van der Waals surface area (Å²) in [5, 5.41) is 12.7. The lowest BCUT2D eigenvalue weighted by atomic mass is 9.87. The average molecular weight is 737 g/mol. The molecule has 1 aliphatic heterocycles. The van der Waals surface area contributed by atoms with Crippen LogP contribution in [0.3, 0.4) is 0 Å². The number of carbonyl (C=O) groups excluding carboxylic acids is 6. The van der Waals surface area contributed by atoms with Gasteiger partial charge in [-0.3, -0.25) is 14.4 Å². The zero-order chi connectivity index (χ0) is 39.1. The number of hydrogen-bond donors (Lipinski definition) is 2. The second kappa shape index (κ2) is 19.9. The Kier molecular flexibility index (Phi) is 15.8. The molecule has 14 nitrogen and oxygen atoms in total. The van der Waals surface area contributed by atoms with E-state index in [0.29, 0.717) is 42.0 Å².